The molecule has 0 N–H and O–H groups in total. The molecule has 5 heteroatoms. The first kappa shape index (κ1) is 18.1. The van der Waals surface area contributed by atoms with Crippen LogP contribution in [-0.4, -0.2) is 31.9 Å². The Morgan fingerprint density at radius 2 is 2.00 bits per heavy atom. The molecule has 5 nitrogen and oxygen atoms in total. The SMILES string of the molecule is CO[C@@H](CC(C)COCc1ccccc1)[C@@H](C#N)OC(C)=O. The molecule has 1 rings (SSSR count). The number of carbonyl (C=O) groups is 1. The van der Waals surface area contributed by atoms with Gasteiger partial charge in [0, 0.05) is 20.6 Å². The molecule has 0 aromatic heterocycles. The van der Waals surface area contributed by atoms with Crippen molar-refractivity contribution in [1.29, 1.82) is 5.26 Å². The average Bonchev–Trinajstić information content (AvgIpc) is 2.51. The Bertz CT molecular complexity index is 483. The number of benzene rings is 1. The molecule has 0 radical (unpaired) electrons. The molecule has 0 heterocycles. The minimum atomic E-state index is -0.890. The Morgan fingerprint density at radius 1 is 1.32 bits per heavy atom. The summed E-state index contributed by atoms with van der Waals surface area (Å²) in [5.41, 5.74) is 1.12. The standard InChI is InChI=1S/C17H23NO4/c1-13(11-21-12-15-7-5-4-6-8-15)9-16(20-3)17(10-18)22-14(2)19/h4-8,13,16-17H,9,11-12H2,1-3H3/t13?,16-,17+/m0/s1. The van der Waals surface area contributed by atoms with Gasteiger partial charge in [-0.15, -0.1) is 0 Å². The van der Waals surface area contributed by atoms with E-state index >= 15 is 0 Å². The van der Waals surface area contributed by atoms with Crippen LogP contribution in [0.1, 0.15) is 25.8 Å². The van der Waals surface area contributed by atoms with E-state index in [0.717, 1.165) is 5.56 Å². The zero-order valence-electron chi connectivity index (χ0n) is 13.3. The number of nitriles is 1. The minimum absolute atomic E-state index is 0.181. The maximum absolute atomic E-state index is 11.0. The molecule has 1 aromatic rings. The highest BCUT2D eigenvalue weighted by molar-refractivity contribution is 5.66. The number of hydrogen-bond donors (Lipinski definition) is 0. The fourth-order valence-electron chi connectivity index (χ4n) is 2.12. The Balaban J connectivity index is 2.39. The van der Waals surface area contributed by atoms with Crippen molar-refractivity contribution in [2.45, 2.75) is 39.1 Å². The Morgan fingerprint density at radius 3 is 2.55 bits per heavy atom. The Labute approximate surface area is 131 Å². The fraction of sp³-hybridized carbons (Fsp3) is 0.529. The van der Waals surface area contributed by atoms with Gasteiger partial charge in [0.1, 0.15) is 12.2 Å². The number of nitrogens with zero attached hydrogens (tertiary/aromatic N) is 1. The zero-order chi connectivity index (χ0) is 16.4. The first-order valence-electron chi connectivity index (χ1n) is 7.28. The molecule has 0 aliphatic heterocycles. The molecule has 0 aliphatic rings. The van der Waals surface area contributed by atoms with Gasteiger partial charge in [0.25, 0.3) is 0 Å². The Hall–Kier alpha value is -1.90. The van der Waals surface area contributed by atoms with Crippen molar-refractivity contribution in [1.82, 2.24) is 0 Å². The average molecular weight is 305 g/mol. The first-order valence-corrected chi connectivity index (χ1v) is 7.28. The summed E-state index contributed by atoms with van der Waals surface area (Å²) >= 11 is 0. The first-order chi connectivity index (χ1) is 10.6. The van der Waals surface area contributed by atoms with Crippen molar-refractivity contribution >= 4 is 5.97 Å². The molecule has 0 amide bonds. The summed E-state index contributed by atoms with van der Waals surface area (Å²) in [7, 11) is 1.51. The summed E-state index contributed by atoms with van der Waals surface area (Å²) in [6.07, 6.45) is -0.764. The lowest BCUT2D eigenvalue weighted by Gasteiger charge is -2.23. The van der Waals surface area contributed by atoms with E-state index in [1.807, 2.05) is 43.3 Å². The maximum atomic E-state index is 11.0. The molecule has 0 saturated carbocycles. The van der Waals surface area contributed by atoms with E-state index in [1.165, 1.54) is 14.0 Å². The predicted octanol–water partition coefficient (Wildman–Crippen LogP) is 2.70. The topological polar surface area (TPSA) is 68.6 Å². The van der Waals surface area contributed by atoms with Gasteiger partial charge >= 0.3 is 5.97 Å². The number of methoxy groups -OCH3 is 1. The minimum Gasteiger partial charge on any atom is -0.444 e. The lowest BCUT2D eigenvalue weighted by atomic mass is 10.0. The summed E-state index contributed by atoms with van der Waals surface area (Å²) in [5, 5.41) is 9.08. The van der Waals surface area contributed by atoms with E-state index in [-0.39, 0.29) is 5.92 Å². The summed E-state index contributed by atoms with van der Waals surface area (Å²) in [6, 6.07) is 11.9. The lowest BCUT2D eigenvalue weighted by Crippen LogP contribution is -2.33. The molecule has 0 spiro atoms. The van der Waals surface area contributed by atoms with Crippen LogP contribution in [0, 0.1) is 17.2 Å². The van der Waals surface area contributed by atoms with Crippen molar-refractivity contribution in [3.05, 3.63) is 35.9 Å². The molecule has 0 saturated heterocycles. The van der Waals surface area contributed by atoms with Crippen LogP contribution in [0.2, 0.25) is 0 Å². The molecule has 120 valence electrons. The second-order valence-electron chi connectivity index (χ2n) is 5.27. The van der Waals surface area contributed by atoms with Crippen LogP contribution in [0.5, 0.6) is 0 Å². The van der Waals surface area contributed by atoms with Crippen LogP contribution < -0.4 is 0 Å². The highest BCUT2D eigenvalue weighted by Crippen LogP contribution is 2.15. The van der Waals surface area contributed by atoms with Gasteiger partial charge in [-0.1, -0.05) is 37.3 Å². The van der Waals surface area contributed by atoms with E-state index in [1.54, 1.807) is 0 Å². The maximum Gasteiger partial charge on any atom is 0.304 e. The summed E-state index contributed by atoms with van der Waals surface area (Å²) in [4.78, 5) is 11.0. The predicted molar refractivity (Wildman–Crippen MR) is 81.8 cm³/mol. The quantitative estimate of drug-likeness (QED) is 0.656. The number of carbonyl (C=O) groups excluding carboxylic acids is 1. The Kier molecular flexibility index (Phi) is 8.19. The fourth-order valence-corrected chi connectivity index (χ4v) is 2.12. The van der Waals surface area contributed by atoms with Crippen molar-refractivity contribution in [3.8, 4) is 6.07 Å². The molecule has 22 heavy (non-hydrogen) atoms. The van der Waals surface area contributed by atoms with E-state index in [0.29, 0.717) is 19.6 Å². The zero-order valence-corrected chi connectivity index (χ0v) is 13.3. The molecular weight excluding hydrogens is 282 g/mol. The largest absolute Gasteiger partial charge is 0.444 e. The molecule has 1 aromatic carbocycles. The van der Waals surface area contributed by atoms with E-state index in [9.17, 15) is 4.79 Å². The number of ether oxygens (including phenoxy) is 3. The van der Waals surface area contributed by atoms with Gasteiger partial charge in [-0.25, -0.2) is 0 Å². The smallest absolute Gasteiger partial charge is 0.304 e. The van der Waals surface area contributed by atoms with Gasteiger partial charge in [-0.05, 0) is 17.9 Å². The van der Waals surface area contributed by atoms with Crippen LogP contribution >= 0.6 is 0 Å². The monoisotopic (exact) mass is 305 g/mol. The van der Waals surface area contributed by atoms with Crippen LogP contribution in [0.15, 0.2) is 30.3 Å². The number of hydrogen-bond acceptors (Lipinski definition) is 5. The normalized spacial score (nSPS) is 14.6. The highest BCUT2D eigenvalue weighted by Gasteiger charge is 2.25. The third kappa shape index (κ3) is 6.70. The van der Waals surface area contributed by atoms with E-state index in [2.05, 4.69) is 0 Å². The van der Waals surface area contributed by atoms with Gasteiger partial charge < -0.3 is 14.2 Å². The van der Waals surface area contributed by atoms with Crippen LogP contribution in [-0.2, 0) is 25.6 Å². The van der Waals surface area contributed by atoms with Gasteiger partial charge in [0.15, 0.2) is 0 Å². The summed E-state index contributed by atoms with van der Waals surface area (Å²) < 4.78 is 15.9. The van der Waals surface area contributed by atoms with E-state index in [4.69, 9.17) is 19.5 Å². The second-order valence-corrected chi connectivity index (χ2v) is 5.27. The second kappa shape index (κ2) is 9.93. The van der Waals surface area contributed by atoms with Crippen LogP contribution in [0.25, 0.3) is 0 Å². The molecule has 0 aliphatic carbocycles. The summed E-state index contributed by atoms with van der Waals surface area (Å²) in [6.45, 7) is 4.39. The number of rotatable bonds is 9. The van der Waals surface area contributed by atoms with Crippen LogP contribution in [0.3, 0.4) is 0 Å². The third-order valence-corrected chi connectivity index (χ3v) is 3.21. The van der Waals surface area contributed by atoms with Crippen molar-refractivity contribution in [2.75, 3.05) is 13.7 Å². The van der Waals surface area contributed by atoms with Gasteiger partial charge in [-0.2, -0.15) is 5.26 Å². The van der Waals surface area contributed by atoms with Crippen molar-refractivity contribution in [3.63, 3.8) is 0 Å². The molecule has 3 atom stereocenters. The van der Waals surface area contributed by atoms with Crippen molar-refractivity contribution in [2.24, 2.45) is 5.92 Å². The molecule has 0 fully saturated rings. The van der Waals surface area contributed by atoms with Crippen LogP contribution in [0.4, 0.5) is 0 Å². The number of esters is 1. The van der Waals surface area contributed by atoms with Gasteiger partial charge in [0.2, 0.25) is 6.10 Å². The molecular formula is C17H23NO4. The molecule has 1 unspecified atom stereocenters. The lowest BCUT2D eigenvalue weighted by molar-refractivity contribution is -0.150. The van der Waals surface area contributed by atoms with Crippen molar-refractivity contribution < 1.29 is 19.0 Å². The summed E-state index contributed by atoms with van der Waals surface area (Å²) in [5.74, 6) is -0.304. The highest BCUT2D eigenvalue weighted by atomic mass is 16.6. The molecule has 0 bridgehead atoms. The van der Waals surface area contributed by atoms with E-state index < -0.39 is 18.2 Å². The van der Waals surface area contributed by atoms with Gasteiger partial charge in [0.05, 0.1) is 6.61 Å². The van der Waals surface area contributed by atoms with Gasteiger partial charge in [-0.3, -0.25) is 4.79 Å². The third-order valence-electron chi connectivity index (χ3n) is 3.21.